The second-order valence-electron chi connectivity index (χ2n) is 5.90. The molecule has 0 radical (unpaired) electrons. The van der Waals surface area contributed by atoms with Crippen LogP contribution >= 0.6 is 0 Å². The van der Waals surface area contributed by atoms with E-state index in [1.165, 1.54) is 0 Å². The van der Waals surface area contributed by atoms with Crippen LogP contribution in [0.1, 0.15) is 51.8 Å². The summed E-state index contributed by atoms with van der Waals surface area (Å²) in [5, 5.41) is 19.3. The highest BCUT2D eigenvalue weighted by Crippen LogP contribution is 2.21. The SMILES string of the molecule is CCN(CC(C)(C)O)c1cc(CO)cc(C(C)C)n1. The van der Waals surface area contributed by atoms with E-state index < -0.39 is 5.60 Å². The number of aromatic nitrogens is 1. The van der Waals surface area contributed by atoms with E-state index >= 15 is 0 Å². The fourth-order valence-corrected chi connectivity index (χ4v) is 1.97. The van der Waals surface area contributed by atoms with Crippen molar-refractivity contribution in [3.8, 4) is 0 Å². The van der Waals surface area contributed by atoms with Crippen LogP contribution in [0.2, 0.25) is 0 Å². The second kappa shape index (κ2) is 6.35. The molecule has 0 aliphatic rings. The van der Waals surface area contributed by atoms with Crippen molar-refractivity contribution in [2.24, 2.45) is 0 Å². The zero-order valence-corrected chi connectivity index (χ0v) is 12.6. The van der Waals surface area contributed by atoms with Crippen LogP contribution in [0.25, 0.3) is 0 Å². The van der Waals surface area contributed by atoms with E-state index in [2.05, 4.69) is 18.8 Å². The lowest BCUT2D eigenvalue weighted by Crippen LogP contribution is -2.39. The van der Waals surface area contributed by atoms with Crippen LogP contribution in [-0.2, 0) is 6.61 Å². The highest BCUT2D eigenvalue weighted by molar-refractivity contribution is 5.43. The normalized spacial score (nSPS) is 12.0. The molecule has 0 atom stereocenters. The average molecular weight is 266 g/mol. The van der Waals surface area contributed by atoms with E-state index in [0.29, 0.717) is 12.5 Å². The molecule has 0 fully saturated rings. The Morgan fingerprint density at radius 2 is 1.95 bits per heavy atom. The van der Waals surface area contributed by atoms with Crippen molar-refractivity contribution < 1.29 is 10.2 Å². The quantitative estimate of drug-likeness (QED) is 0.829. The van der Waals surface area contributed by atoms with Gasteiger partial charge in [-0.1, -0.05) is 13.8 Å². The van der Waals surface area contributed by atoms with Gasteiger partial charge in [-0.25, -0.2) is 4.98 Å². The first-order valence-corrected chi connectivity index (χ1v) is 6.86. The molecule has 1 aromatic heterocycles. The molecular weight excluding hydrogens is 240 g/mol. The summed E-state index contributed by atoms with van der Waals surface area (Å²) in [6, 6.07) is 3.83. The van der Waals surface area contributed by atoms with Gasteiger partial charge in [0.25, 0.3) is 0 Å². The first-order chi connectivity index (χ1) is 8.76. The van der Waals surface area contributed by atoms with Gasteiger partial charge in [-0.05, 0) is 44.4 Å². The van der Waals surface area contributed by atoms with Gasteiger partial charge < -0.3 is 15.1 Å². The molecule has 0 aliphatic heterocycles. The first-order valence-electron chi connectivity index (χ1n) is 6.86. The van der Waals surface area contributed by atoms with Crippen LogP contribution in [0.4, 0.5) is 5.82 Å². The highest BCUT2D eigenvalue weighted by Gasteiger charge is 2.19. The van der Waals surface area contributed by atoms with Crippen molar-refractivity contribution in [3.05, 3.63) is 23.4 Å². The van der Waals surface area contributed by atoms with Crippen molar-refractivity contribution in [2.75, 3.05) is 18.0 Å². The molecule has 0 aliphatic carbocycles. The molecule has 1 aromatic rings. The lowest BCUT2D eigenvalue weighted by atomic mass is 10.1. The van der Waals surface area contributed by atoms with Gasteiger partial charge in [0.05, 0.1) is 12.2 Å². The molecule has 0 saturated carbocycles. The molecule has 0 amide bonds. The Labute approximate surface area is 116 Å². The maximum atomic E-state index is 9.97. The van der Waals surface area contributed by atoms with E-state index in [9.17, 15) is 10.2 Å². The third kappa shape index (κ3) is 4.80. The van der Waals surface area contributed by atoms with Crippen LogP contribution in [0.5, 0.6) is 0 Å². The highest BCUT2D eigenvalue weighted by atomic mass is 16.3. The van der Waals surface area contributed by atoms with Gasteiger partial charge in [-0.2, -0.15) is 0 Å². The number of aliphatic hydroxyl groups excluding tert-OH is 1. The summed E-state index contributed by atoms with van der Waals surface area (Å²) >= 11 is 0. The van der Waals surface area contributed by atoms with E-state index in [1.54, 1.807) is 13.8 Å². The molecule has 4 nitrogen and oxygen atoms in total. The van der Waals surface area contributed by atoms with Crippen molar-refractivity contribution in [2.45, 2.75) is 52.7 Å². The topological polar surface area (TPSA) is 56.6 Å². The number of hydrogen-bond acceptors (Lipinski definition) is 4. The molecule has 0 spiro atoms. The Balaban J connectivity index is 3.12. The number of rotatable bonds is 6. The lowest BCUT2D eigenvalue weighted by Gasteiger charge is -2.29. The second-order valence-corrected chi connectivity index (χ2v) is 5.90. The van der Waals surface area contributed by atoms with E-state index in [0.717, 1.165) is 23.6 Å². The maximum absolute atomic E-state index is 9.97. The Morgan fingerprint density at radius 3 is 2.37 bits per heavy atom. The zero-order chi connectivity index (χ0) is 14.6. The summed E-state index contributed by atoms with van der Waals surface area (Å²) in [7, 11) is 0. The summed E-state index contributed by atoms with van der Waals surface area (Å²) in [6.45, 7) is 11.1. The van der Waals surface area contributed by atoms with E-state index in [-0.39, 0.29) is 6.61 Å². The summed E-state index contributed by atoms with van der Waals surface area (Å²) < 4.78 is 0. The molecule has 0 saturated heterocycles. The summed E-state index contributed by atoms with van der Waals surface area (Å²) in [5.74, 6) is 1.13. The Kier molecular flexibility index (Phi) is 5.32. The smallest absolute Gasteiger partial charge is 0.129 e. The largest absolute Gasteiger partial charge is 0.392 e. The van der Waals surface area contributed by atoms with Gasteiger partial charge in [0, 0.05) is 18.8 Å². The molecule has 4 heteroatoms. The van der Waals surface area contributed by atoms with Crippen LogP contribution < -0.4 is 4.90 Å². The van der Waals surface area contributed by atoms with Crippen molar-refractivity contribution >= 4 is 5.82 Å². The molecule has 0 aromatic carbocycles. The molecular formula is C15H26N2O2. The third-order valence-corrected chi connectivity index (χ3v) is 2.95. The number of pyridine rings is 1. The minimum Gasteiger partial charge on any atom is -0.392 e. The van der Waals surface area contributed by atoms with Crippen molar-refractivity contribution in [1.82, 2.24) is 4.98 Å². The molecule has 2 N–H and O–H groups in total. The zero-order valence-electron chi connectivity index (χ0n) is 12.6. The Bertz CT molecular complexity index is 411. The van der Waals surface area contributed by atoms with Gasteiger partial charge >= 0.3 is 0 Å². The minimum absolute atomic E-state index is 0.00924. The standard InChI is InChI=1S/C15H26N2O2/c1-6-17(10-15(4,5)19)14-8-12(9-18)7-13(16-14)11(2)3/h7-8,11,18-19H,6,9-10H2,1-5H3. The number of aliphatic hydroxyl groups is 2. The van der Waals surface area contributed by atoms with Crippen molar-refractivity contribution in [1.29, 1.82) is 0 Å². The first kappa shape index (κ1) is 15.9. The molecule has 0 unspecified atom stereocenters. The summed E-state index contributed by atoms with van der Waals surface area (Å²) in [6.07, 6.45) is 0. The van der Waals surface area contributed by atoms with E-state index in [4.69, 9.17) is 0 Å². The van der Waals surface area contributed by atoms with Gasteiger partial charge in [-0.15, -0.1) is 0 Å². The van der Waals surface area contributed by atoms with Crippen LogP contribution in [0, 0.1) is 0 Å². The van der Waals surface area contributed by atoms with Crippen LogP contribution in [-0.4, -0.2) is 33.9 Å². The molecule has 0 bridgehead atoms. The Hall–Kier alpha value is -1.13. The molecule has 19 heavy (non-hydrogen) atoms. The Morgan fingerprint density at radius 1 is 1.32 bits per heavy atom. The lowest BCUT2D eigenvalue weighted by molar-refractivity contribution is 0.0874. The fraction of sp³-hybridized carbons (Fsp3) is 0.667. The van der Waals surface area contributed by atoms with E-state index in [1.807, 2.05) is 24.0 Å². The van der Waals surface area contributed by atoms with Crippen LogP contribution in [0.15, 0.2) is 12.1 Å². The van der Waals surface area contributed by atoms with Gasteiger partial charge in [0.15, 0.2) is 0 Å². The number of nitrogens with zero attached hydrogens (tertiary/aromatic N) is 2. The molecule has 1 rings (SSSR count). The summed E-state index contributed by atoms with van der Waals surface area (Å²) in [5.41, 5.74) is 1.06. The number of hydrogen-bond donors (Lipinski definition) is 2. The molecule has 108 valence electrons. The van der Waals surface area contributed by atoms with Crippen molar-refractivity contribution in [3.63, 3.8) is 0 Å². The van der Waals surface area contributed by atoms with Crippen LogP contribution in [0.3, 0.4) is 0 Å². The summed E-state index contributed by atoms with van der Waals surface area (Å²) in [4.78, 5) is 6.67. The third-order valence-electron chi connectivity index (χ3n) is 2.95. The van der Waals surface area contributed by atoms with Gasteiger partial charge in [0.2, 0.25) is 0 Å². The van der Waals surface area contributed by atoms with Gasteiger partial charge in [-0.3, -0.25) is 0 Å². The predicted octanol–water partition coefficient (Wildman–Crippen LogP) is 2.29. The number of likely N-dealkylation sites (N-methyl/N-ethyl adjacent to an activating group) is 1. The fourth-order valence-electron chi connectivity index (χ4n) is 1.97. The predicted molar refractivity (Wildman–Crippen MR) is 78.4 cm³/mol. The monoisotopic (exact) mass is 266 g/mol. The maximum Gasteiger partial charge on any atom is 0.129 e. The molecule has 1 heterocycles. The minimum atomic E-state index is -0.773. The van der Waals surface area contributed by atoms with Gasteiger partial charge in [0.1, 0.15) is 5.82 Å². The number of anilines is 1. The average Bonchev–Trinajstić information content (AvgIpc) is 2.34.